The van der Waals surface area contributed by atoms with Crippen LogP contribution in [0, 0.1) is 0 Å². The number of anilines is 1. The lowest BCUT2D eigenvalue weighted by atomic mass is 9.96. The minimum Gasteiger partial charge on any atom is -0.369 e. The zero-order valence-corrected chi connectivity index (χ0v) is 13.5. The highest BCUT2D eigenvalue weighted by atomic mass is 35.5. The van der Waals surface area contributed by atoms with E-state index in [-0.39, 0.29) is 11.9 Å². The molecule has 2 unspecified atom stereocenters. The van der Waals surface area contributed by atoms with Crippen molar-refractivity contribution in [2.24, 2.45) is 5.73 Å². The van der Waals surface area contributed by atoms with Crippen LogP contribution in [0.2, 0.25) is 5.02 Å². The highest BCUT2D eigenvalue weighted by Gasteiger charge is 2.31. The Morgan fingerprint density at radius 3 is 2.76 bits per heavy atom. The van der Waals surface area contributed by atoms with Gasteiger partial charge in [-0.25, -0.2) is 0 Å². The predicted molar refractivity (Wildman–Crippen MR) is 87.7 cm³/mol. The molecule has 1 aliphatic heterocycles. The molecule has 1 aliphatic rings. The quantitative estimate of drug-likeness (QED) is 0.879. The number of rotatable bonds is 5. The summed E-state index contributed by atoms with van der Waals surface area (Å²) in [5.74, 6) is -0.0488. The molecule has 1 aromatic rings. The van der Waals surface area contributed by atoms with Crippen molar-refractivity contribution in [3.8, 4) is 0 Å². The Balaban J connectivity index is 1.91. The fourth-order valence-corrected chi connectivity index (χ4v) is 2.87. The van der Waals surface area contributed by atoms with Gasteiger partial charge in [0.15, 0.2) is 0 Å². The Morgan fingerprint density at radius 2 is 2.14 bits per heavy atom. The molecule has 21 heavy (non-hydrogen) atoms. The molecule has 2 atom stereocenters. The first-order chi connectivity index (χ1) is 9.92. The molecule has 1 fully saturated rings. The van der Waals surface area contributed by atoms with Crippen molar-refractivity contribution in [1.29, 1.82) is 0 Å². The molecular formula is C16H24ClN3O. The summed E-state index contributed by atoms with van der Waals surface area (Å²) in [5.41, 5.74) is 6.43. The van der Waals surface area contributed by atoms with E-state index in [1.54, 1.807) is 6.92 Å². The van der Waals surface area contributed by atoms with Crippen molar-refractivity contribution < 1.29 is 4.79 Å². The monoisotopic (exact) mass is 309 g/mol. The van der Waals surface area contributed by atoms with E-state index in [1.165, 1.54) is 0 Å². The molecule has 4 nitrogen and oxygen atoms in total. The Morgan fingerprint density at radius 1 is 1.48 bits per heavy atom. The SMILES string of the molecule is CCCC(C)(N)C(=O)NC1CCN(c2ccc(Cl)cc2)C1. The van der Waals surface area contributed by atoms with Gasteiger partial charge in [-0.05, 0) is 44.0 Å². The summed E-state index contributed by atoms with van der Waals surface area (Å²) in [6, 6.07) is 7.96. The fourth-order valence-electron chi connectivity index (χ4n) is 2.75. The van der Waals surface area contributed by atoms with Crippen LogP contribution in [0.15, 0.2) is 24.3 Å². The molecule has 1 saturated heterocycles. The second-order valence-corrected chi connectivity index (χ2v) is 6.49. The summed E-state index contributed by atoms with van der Waals surface area (Å²) < 4.78 is 0. The van der Waals surface area contributed by atoms with E-state index in [2.05, 4.69) is 10.2 Å². The molecule has 1 aromatic carbocycles. The predicted octanol–water partition coefficient (Wildman–Crippen LogP) is 2.55. The summed E-state index contributed by atoms with van der Waals surface area (Å²) in [4.78, 5) is 14.5. The van der Waals surface area contributed by atoms with E-state index in [4.69, 9.17) is 17.3 Å². The van der Waals surface area contributed by atoms with Gasteiger partial charge in [-0.2, -0.15) is 0 Å². The van der Waals surface area contributed by atoms with Gasteiger partial charge in [-0.3, -0.25) is 4.79 Å². The van der Waals surface area contributed by atoms with E-state index in [0.29, 0.717) is 6.42 Å². The van der Waals surface area contributed by atoms with Gasteiger partial charge in [-0.1, -0.05) is 24.9 Å². The third-order valence-electron chi connectivity index (χ3n) is 4.00. The second-order valence-electron chi connectivity index (χ2n) is 6.05. The molecule has 0 spiro atoms. The van der Waals surface area contributed by atoms with Crippen LogP contribution in [-0.4, -0.2) is 30.6 Å². The van der Waals surface area contributed by atoms with Crippen LogP contribution >= 0.6 is 11.6 Å². The zero-order chi connectivity index (χ0) is 15.5. The van der Waals surface area contributed by atoms with Crippen LogP contribution in [0.25, 0.3) is 0 Å². The molecule has 0 radical (unpaired) electrons. The zero-order valence-electron chi connectivity index (χ0n) is 12.7. The number of carbonyl (C=O) groups is 1. The average Bonchev–Trinajstić information content (AvgIpc) is 2.88. The molecule has 0 bridgehead atoms. The maximum absolute atomic E-state index is 12.2. The molecular weight excluding hydrogens is 286 g/mol. The molecule has 0 aliphatic carbocycles. The number of hydrogen-bond acceptors (Lipinski definition) is 3. The van der Waals surface area contributed by atoms with Gasteiger partial charge in [-0.15, -0.1) is 0 Å². The van der Waals surface area contributed by atoms with E-state index in [0.717, 1.165) is 36.6 Å². The van der Waals surface area contributed by atoms with Crippen LogP contribution in [0.3, 0.4) is 0 Å². The summed E-state index contributed by atoms with van der Waals surface area (Å²) in [7, 11) is 0. The average molecular weight is 310 g/mol. The second kappa shape index (κ2) is 6.67. The summed E-state index contributed by atoms with van der Waals surface area (Å²) in [5, 5.41) is 3.82. The van der Waals surface area contributed by atoms with Crippen molar-refractivity contribution in [3.05, 3.63) is 29.3 Å². The number of halogens is 1. The lowest BCUT2D eigenvalue weighted by molar-refractivity contribution is -0.126. The van der Waals surface area contributed by atoms with Gasteiger partial charge in [0, 0.05) is 29.8 Å². The third kappa shape index (κ3) is 4.11. The minimum atomic E-state index is -0.775. The van der Waals surface area contributed by atoms with E-state index >= 15 is 0 Å². The molecule has 2 rings (SSSR count). The Bertz CT molecular complexity index is 487. The van der Waals surface area contributed by atoms with Gasteiger partial charge in [0.25, 0.3) is 0 Å². The lowest BCUT2D eigenvalue weighted by Gasteiger charge is -2.25. The number of nitrogens with one attached hydrogen (secondary N) is 1. The van der Waals surface area contributed by atoms with Crippen molar-refractivity contribution in [1.82, 2.24) is 5.32 Å². The molecule has 0 saturated carbocycles. The van der Waals surface area contributed by atoms with Gasteiger partial charge in [0.05, 0.1) is 5.54 Å². The van der Waals surface area contributed by atoms with Gasteiger partial charge in [0.2, 0.25) is 5.91 Å². The van der Waals surface area contributed by atoms with Gasteiger partial charge in [0.1, 0.15) is 0 Å². The maximum Gasteiger partial charge on any atom is 0.240 e. The van der Waals surface area contributed by atoms with E-state index in [9.17, 15) is 4.79 Å². The smallest absolute Gasteiger partial charge is 0.240 e. The summed E-state index contributed by atoms with van der Waals surface area (Å²) in [6.07, 6.45) is 2.55. The third-order valence-corrected chi connectivity index (χ3v) is 4.26. The number of carbonyl (C=O) groups excluding carboxylic acids is 1. The number of amides is 1. The van der Waals surface area contributed by atoms with E-state index in [1.807, 2.05) is 31.2 Å². The topological polar surface area (TPSA) is 58.4 Å². The highest BCUT2D eigenvalue weighted by Crippen LogP contribution is 2.22. The van der Waals surface area contributed by atoms with Crippen molar-refractivity contribution >= 4 is 23.2 Å². The van der Waals surface area contributed by atoms with Crippen molar-refractivity contribution in [2.75, 3.05) is 18.0 Å². The molecule has 5 heteroatoms. The number of hydrogen-bond donors (Lipinski definition) is 2. The first-order valence-electron chi connectivity index (χ1n) is 7.53. The number of nitrogens with zero attached hydrogens (tertiary/aromatic N) is 1. The lowest BCUT2D eigenvalue weighted by Crippen LogP contribution is -2.54. The number of benzene rings is 1. The van der Waals surface area contributed by atoms with Gasteiger partial charge < -0.3 is 16.0 Å². The fraction of sp³-hybridized carbons (Fsp3) is 0.562. The Labute approximate surface area is 131 Å². The first-order valence-corrected chi connectivity index (χ1v) is 7.90. The molecule has 116 valence electrons. The molecule has 1 heterocycles. The molecule has 1 amide bonds. The maximum atomic E-state index is 12.2. The van der Waals surface area contributed by atoms with Gasteiger partial charge >= 0.3 is 0 Å². The van der Waals surface area contributed by atoms with Crippen LogP contribution in [0.5, 0.6) is 0 Å². The first kappa shape index (κ1) is 16.1. The van der Waals surface area contributed by atoms with Crippen LogP contribution in [-0.2, 0) is 4.79 Å². The Hall–Kier alpha value is -1.26. The van der Waals surface area contributed by atoms with Crippen molar-refractivity contribution in [2.45, 2.75) is 44.7 Å². The summed E-state index contributed by atoms with van der Waals surface area (Å²) >= 11 is 5.91. The summed E-state index contributed by atoms with van der Waals surface area (Å²) in [6.45, 7) is 5.59. The standard InChI is InChI=1S/C16H24ClN3O/c1-3-9-16(2,18)15(21)19-13-8-10-20(11-13)14-6-4-12(17)5-7-14/h4-7,13H,3,8-11,18H2,1-2H3,(H,19,21). The van der Waals surface area contributed by atoms with Crippen LogP contribution in [0.4, 0.5) is 5.69 Å². The van der Waals surface area contributed by atoms with E-state index < -0.39 is 5.54 Å². The minimum absolute atomic E-state index is 0.0488. The van der Waals surface area contributed by atoms with Crippen LogP contribution in [0.1, 0.15) is 33.1 Å². The molecule has 3 N–H and O–H groups in total. The normalized spacial score (nSPS) is 21.1. The largest absolute Gasteiger partial charge is 0.369 e. The Kier molecular flexibility index (Phi) is 5.12. The number of nitrogens with two attached hydrogens (primary N) is 1. The van der Waals surface area contributed by atoms with Crippen molar-refractivity contribution in [3.63, 3.8) is 0 Å². The van der Waals surface area contributed by atoms with Crippen LogP contribution < -0.4 is 16.0 Å². The molecule has 0 aromatic heterocycles. The highest BCUT2D eigenvalue weighted by molar-refractivity contribution is 6.30.